The number of nitrogens with one attached hydrogen (secondary N) is 1. The van der Waals surface area contributed by atoms with Crippen LogP contribution in [0.3, 0.4) is 0 Å². The van der Waals surface area contributed by atoms with Gasteiger partial charge in [0.15, 0.2) is 0 Å². The van der Waals surface area contributed by atoms with E-state index < -0.39 is 0 Å². The van der Waals surface area contributed by atoms with Crippen molar-refractivity contribution >= 4 is 5.95 Å². The van der Waals surface area contributed by atoms with Gasteiger partial charge in [-0.2, -0.15) is 0 Å². The summed E-state index contributed by atoms with van der Waals surface area (Å²) in [4.78, 5) is 0. The normalized spacial score (nSPS) is 41.5. The van der Waals surface area contributed by atoms with Crippen molar-refractivity contribution in [2.24, 2.45) is 30.2 Å². The van der Waals surface area contributed by atoms with E-state index in [0.717, 1.165) is 23.7 Å². The Balaban J connectivity index is 1.56. The van der Waals surface area contributed by atoms with Crippen molar-refractivity contribution in [1.29, 1.82) is 0 Å². The minimum Gasteiger partial charge on any atom is -0.350 e. The van der Waals surface area contributed by atoms with E-state index in [1.165, 1.54) is 38.5 Å². The smallest absolute Gasteiger partial charge is 0.242 e. The van der Waals surface area contributed by atoms with Crippen molar-refractivity contribution < 1.29 is 0 Å². The highest BCUT2D eigenvalue weighted by Gasteiger charge is 2.53. The Bertz CT molecular complexity index is 445. The first-order chi connectivity index (χ1) is 9.14. The number of hydrogen-bond acceptors (Lipinski definition) is 4. The molecule has 4 fully saturated rings. The first-order valence-corrected chi connectivity index (χ1v) is 7.63. The van der Waals surface area contributed by atoms with Gasteiger partial charge in [0, 0.05) is 13.1 Å². The zero-order valence-corrected chi connectivity index (χ0v) is 11.8. The lowest BCUT2D eigenvalue weighted by molar-refractivity contribution is -0.0604. The van der Waals surface area contributed by atoms with Gasteiger partial charge in [0.2, 0.25) is 5.95 Å². The monoisotopic (exact) mass is 261 g/mol. The Kier molecular flexibility index (Phi) is 2.42. The fraction of sp³-hybridized carbons (Fsp3) is 0.929. The molecule has 4 aliphatic carbocycles. The maximum atomic E-state index is 4.07. The molecule has 4 saturated carbocycles. The summed E-state index contributed by atoms with van der Waals surface area (Å²) in [5.41, 5.74) is 0.501. The molecule has 0 saturated heterocycles. The predicted molar refractivity (Wildman–Crippen MR) is 72.5 cm³/mol. The second-order valence-electron chi connectivity index (χ2n) is 7.27. The quantitative estimate of drug-likeness (QED) is 0.906. The molecule has 4 aliphatic rings. The standard InChI is InChI=1S/C14H23N5/c1-9(15-13-16-17-18-19(13)2)14-6-10-3-11(7-14)5-12(4-10)8-14/h9-12H,3-8H2,1-2H3,(H,15,16,18). The molecule has 0 radical (unpaired) electrons. The molecule has 1 aromatic heterocycles. The molecule has 0 aliphatic heterocycles. The summed E-state index contributed by atoms with van der Waals surface area (Å²) in [6.07, 6.45) is 8.74. The lowest BCUT2D eigenvalue weighted by atomic mass is 9.48. The third-order valence-electron chi connectivity index (χ3n) is 5.97. The van der Waals surface area contributed by atoms with Gasteiger partial charge < -0.3 is 5.32 Å². The lowest BCUT2D eigenvalue weighted by Gasteiger charge is -2.59. The molecule has 0 spiro atoms. The van der Waals surface area contributed by atoms with Crippen LogP contribution in [0.1, 0.15) is 45.4 Å². The highest BCUT2D eigenvalue weighted by molar-refractivity contribution is 5.25. The van der Waals surface area contributed by atoms with Crippen LogP contribution in [0.2, 0.25) is 0 Å². The van der Waals surface area contributed by atoms with Crippen LogP contribution in [0.25, 0.3) is 0 Å². The Hall–Kier alpha value is -1.13. The summed E-state index contributed by atoms with van der Waals surface area (Å²) in [5.74, 6) is 3.79. The summed E-state index contributed by atoms with van der Waals surface area (Å²) < 4.78 is 1.73. The van der Waals surface area contributed by atoms with Crippen LogP contribution in [0.5, 0.6) is 0 Å². The Morgan fingerprint density at radius 1 is 1.16 bits per heavy atom. The van der Waals surface area contributed by atoms with Gasteiger partial charge in [-0.15, -0.1) is 0 Å². The molecule has 1 aromatic rings. The fourth-order valence-electron chi connectivity index (χ4n) is 5.41. The topological polar surface area (TPSA) is 55.6 Å². The third-order valence-corrected chi connectivity index (χ3v) is 5.97. The molecule has 1 heterocycles. The van der Waals surface area contributed by atoms with Gasteiger partial charge in [0.05, 0.1) is 0 Å². The van der Waals surface area contributed by atoms with Crippen LogP contribution in [0.15, 0.2) is 0 Å². The Morgan fingerprint density at radius 2 is 1.74 bits per heavy atom. The molecule has 4 bridgehead atoms. The van der Waals surface area contributed by atoms with E-state index in [4.69, 9.17) is 0 Å². The van der Waals surface area contributed by atoms with Crippen molar-refractivity contribution in [2.75, 3.05) is 5.32 Å². The zero-order chi connectivity index (χ0) is 13.0. The predicted octanol–water partition coefficient (Wildman–Crippen LogP) is 2.23. The molecule has 0 aromatic carbocycles. The molecule has 0 amide bonds. The number of nitrogens with zero attached hydrogens (tertiary/aromatic N) is 4. The molecule has 1 atom stereocenters. The van der Waals surface area contributed by atoms with Crippen LogP contribution in [-0.2, 0) is 7.05 Å². The molecule has 5 heteroatoms. The summed E-state index contributed by atoms with van der Waals surface area (Å²) in [6.45, 7) is 2.34. The van der Waals surface area contributed by atoms with Gasteiger partial charge in [-0.1, -0.05) is 5.10 Å². The number of rotatable bonds is 3. The van der Waals surface area contributed by atoms with Crippen molar-refractivity contribution in [3.8, 4) is 0 Å². The van der Waals surface area contributed by atoms with Crippen LogP contribution in [0, 0.1) is 23.2 Å². The maximum absolute atomic E-state index is 4.07. The van der Waals surface area contributed by atoms with Crippen LogP contribution in [0.4, 0.5) is 5.95 Å². The molecule has 104 valence electrons. The fourth-order valence-corrected chi connectivity index (χ4v) is 5.41. The van der Waals surface area contributed by atoms with E-state index >= 15 is 0 Å². The third kappa shape index (κ3) is 1.77. The molecule has 5 rings (SSSR count). The second kappa shape index (κ2) is 3.93. The van der Waals surface area contributed by atoms with Crippen LogP contribution >= 0.6 is 0 Å². The van der Waals surface area contributed by atoms with E-state index in [2.05, 4.69) is 27.8 Å². The van der Waals surface area contributed by atoms with Gasteiger partial charge in [0.1, 0.15) is 0 Å². The highest BCUT2D eigenvalue weighted by Crippen LogP contribution is 2.61. The van der Waals surface area contributed by atoms with Crippen molar-refractivity contribution in [3.63, 3.8) is 0 Å². The Morgan fingerprint density at radius 3 is 2.21 bits per heavy atom. The van der Waals surface area contributed by atoms with Gasteiger partial charge >= 0.3 is 0 Å². The average molecular weight is 261 g/mol. The SMILES string of the molecule is CC(Nc1nnnn1C)C12CC3CC(CC(C3)C1)C2. The summed E-state index contributed by atoms with van der Waals surface area (Å²) in [7, 11) is 1.90. The first kappa shape index (κ1) is 11.7. The number of anilines is 1. The zero-order valence-electron chi connectivity index (χ0n) is 11.8. The van der Waals surface area contributed by atoms with Gasteiger partial charge in [-0.05, 0) is 79.0 Å². The molecular formula is C14H23N5. The molecule has 5 nitrogen and oxygen atoms in total. The van der Waals surface area contributed by atoms with E-state index in [-0.39, 0.29) is 0 Å². The summed E-state index contributed by atoms with van der Waals surface area (Å²) in [5, 5.41) is 15.3. The average Bonchev–Trinajstić information content (AvgIpc) is 2.73. The van der Waals surface area contributed by atoms with E-state index in [0.29, 0.717) is 11.5 Å². The van der Waals surface area contributed by atoms with Gasteiger partial charge in [-0.3, -0.25) is 0 Å². The Labute approximate surface area is 114 Å². The maximum Gasteiger partial charge on any atom is 0.242 e. The lowest BCUT2D eigenvalue weighted by Crippen LogP contribution is -2.53. The summed E-state index contributed by atoms with van der Waals surface area (Å²) >= 11 is 0. The van der Waals surface area contributed by atoms with E-state index in [1.807, 2.05) is 7.05 Å². The van der Waals surface area contributed by atoms with Crippen molar-refractivity contribution in [3.05, 3.63) is 0 Å². The molecule has 19 heavy (non-hydrogen) atoms. The van der Waals surface area contributed by atoms with E-state index in [1.54, 1.807) is 4.68 Å². The largest absolute Gasteiger partial charge is 0.350 e. The highest BCUT2D eigenvalue weighted by atomic mass is 15.6. The van der Waals surface area contributed by atoms with Crippen LogP contribution < -0.4 is 5.32 Å². The van der Waals surface area contributed by atoms with Gasteiger partial charge in [0.25, 0.3) is 0 Å². The van der Waals surface area contributed by atoms with E-state index in [9.17, 15) is 0 Å². The molecule has 1 N–H and O–H groups in total. The number of hydrogen-bond donors (Lipinski definition) is 1. The molecule has 1 unspecified atom stereocenters. The number of aromatic nitrogens is 4. The second-order valence-corrected chi connectivity index (χ2v) is 7.27. The van der Waals surface area contributed by atoms with Gasteiger partial charge in [-0.25, -0.2) is 4.68 Å². The minimum absolute atomic E-state index is 0.477. The molecular weight excluding hydrogens is 238 g/mol. The first-order valence-electron chi connectivity index (χ1n) is 7.63. The van der Waals surface area contributed by atoms with Crippen LogP contribution in [-0.4, -0.2) is 26.2 Å². The number of aryl methyl sites for hydroxylation is 1. The number of tetrazole rings is 1. The van der Waals surface area contributed by atoms with Crippen molar-refractivity contribution in [2.45, 2.75) is 51.5 Å². The summed E-state index contributed by atoms with van der Waals surface area (Å²) in [6, 6.07) is 0.477. The minimum atomic E-state index is 0.477. The van der Waals surface area contributed by atoms with Crippen molar-refractivity contribution in [1.82, 2.24) is 20.2 Å².